The fraction of sp³-hybridized carbons (Fsp3) is 0.294. The van der Waals surface area contributed by atoms with Crippen LogP contribution in [-0.2, 0) is 6.42 Å². The summed E-state index contributed by atoms with van der Waals surface area (Å²) in [6.07, 6.45) is 1.71. The smallest absolute Gasteiger partial charge is 0.125 e. The SMILES string of the molecule is CC[C@@]1(CN)Cc2c(ccc(Cl)c2-c2ccccc2)O1. The molecule has 0 bridgehead atoms. The fourth-order valence-corrected chi connectivity index (χ4v) is 3.12. The Kier molecular flexibility index (Phi) is 3.45. The van der Waals surface area contributed by atoms with Gasteiger partial charge in [-0.05, 0) is 24.1 Å². The van der Waals surface area contributed by atoms with E-state index in [2.05, 4.69) is 19.1 Å². The lowest BCUT2D eigenvalue weighted by Crippen LogP contribution is -2.41. The number of ether oxygens (including phenoxy) is 1. The van der Waals surface area contributed by atoms with Crippen molar-refractivity contribution in [2.45, 2.75) is 25.4 Å². The molecule has 2 N–H and O–H groups in total. The molecular formula is C17H18ClNO. The highest BCUT2D eigenvalue weighted by molar-refractivity contribution is 6.33. The first-order chi connectivity index (χ1) is 9.69. The summed E-state index contributed by atoms with van der Waals surface area (Å²) >= 11 is 6.44. The number of benzene rings is 2. The third-order valence-corrected chi connectivity index (χ3v) is 4.44. The van der Waals surface area contributed by atoms with Crippen LogP contribution in [-0.4, -0.2) is 12.1 Å². The summed E-state index contributed by atoms with van der Waals surface area (Å²) in [7, 11) is 0. The second kappa shape index (κ2) is 5.12. The van der Waals surface area contributed by atoms with Crippen molar-refractivity contribution in [2.24, 2.45) is 5.73 Å². The highest BCUT2D eigenvalue weighted by Gasteiger charge is 2.38. The van der Waals surface area contributed by atoms with Crippen LogP contribution in [0.25, 0.3) is 11.1 Å². The van der Waals surface area contributed by atoms with Gasteiger partial charge in [0.15, 0.2) is 0 Å². The summed E-state index contributed by atoms with van der Waals surface area (Å²) in [5.74, 6) is 0.917. The van der Waals surface area contributed by atoms with Crippen molar-refractivity contribution in [1.29, 1.82) is 0 Å². The van der Waals surface area contributed by atoms with Gasteiger partial charge in [0.05, 0.1) is 0 Å². The number of halogens is 1. The Labute approximate surface area is 124 Å². The van der Waals surface area contributed by atoms with E-state index in [1.807, 2.05) is 30.3 Å². The predicted octanol–water partition coefficient (Wildman–Crippen LogP) is 4.05. The van der Waals surface area contributed by atoms with Gasteiger partial charge < -0.3 is 10.5 Å². The first kappa shape index (κ1) is 13.5. The Hall–Kier alpha value is -1.51. The van der Waals surface area contributed by atoms with E-state index in [-0.39, 0.29) is 5.60 Å². The maximum Gasteiger partial charge on any atom is 0.125 e. The Morgan fingerprint density at radius 1 is 1.20 bits per heavy atom. The molecule has 1 atom stereocenters. The molecule has 2 nitrogen and oxygen atoms in total. The quantitative estimate of drug-likeness (QED) is 0.924. The second-order valence-electron chi connectivity index (χ2n) is 5.28. The summed E-state index contributed by atoms with van der Waals surface area (Å²) in [6, 6.07) is 14.1. The van der Waals surface area contributed by atoms with Crippen LogP contribution < -0.4 is 10.5 Å². The zero-order valence-corrected chi connectivity index (χ0v) is 12.3. The predicted molar refractivity (Wildman–Crippen MR) is 83.3 cm³/mol. The average Bonchev–Trinajstić information content (AvgIpc) is 2.87. The molecule has 1 aliphatic rings. The fourth-order valence-electron chi connectivity index (χ4n) is 2.84. The van der Waals surface area contributed by atoms with Crippen molar-refractivity contribution < 1.29 is 4.74 Å². The largest absolute Gasteiger partial charge is 0.485 e. The molecular weight excluding hydrogens is 270 g/mol. The van der Waals surface area contributed by atoms with Crippen LogP contribution >= 0.6 is 11.6 Å². The van der Waals surface area contributed by atoms with E-state index in [4.69, 9.17) is 22.1 Å². The molecule has 0 fully saturated rings. The third kappa shape index (κ3) is 2.09. The van der Waals surface area contributed by atoms with Gasteiger partial charge in [-0.2, -0.15) is 0 Å². The zero-order valence-electron chi connectivity index (χ0n) is 11.5. The van der Waals surface area contributed by atoms with Crippen molar-refractivity contribution in [3.05, 3.63) is 53.1 Å². The zero-order chi connectivity index (χ0) is 14.2. The summed E-state index contributed by atoms with van der Waals surface area (Å²) in [5, 5.41) is 0.766. The van der Waals surface area contributed by atoms with E-state index in [0.29, 0.717) is 6.54 Å². The molecule has 1 heterocycles. The van der Waals surface area contributed by atoms with Gasteiger partial charge in [0.25, 0.3) is 0 Å². The van der Waals surface area contributed by atoms with Crippen molar-refractivity contribution in [3.8, 4) is 16.9 Å². The Bertz CT molecular complexity index is 620. The molecule has 0 radical (unpaired) electrons. The molecule has 3 heteroatoms. The molecule has 2 aromatic rings. The van der Waals surface area contributed by atoms with E-state index in [1.165, 1.54) is 5.56 Å². The molecule has 0 spiro atoms. The van der Waals surface area contributed by atoms with Crippen LogP contribution in [0.3, 0.4) is 0 Å². The molecule has 0 unspecified atom stereocenters. The first-order valence-electron chi connectivity index (χ1n) is 6.95. The van der Waals surface area contributed by atoms with Gasteiger partial charge in [-0.3, -0.25) is 0 Å². The first-order valence-corrected chi connectivity index (χ1v) is 7.33. The Balaban J connectivity index is 2.14. The monoisotopic (exact) mass is 287 g/mol. The van der Waals surface area contributed by atoms with Crippen LogP contribution in [0.5, 0.6) is 5.75 Å². The van der Waals surface area contributed by atoms with Crippen LogP contribution in [0.2, 0.25) is 5.02 Å². The minimum Gasteiger partial charge on any atom is -0.485 e. The standard InChI is InChI=1S/C17H18ClNO/c1-2-17(11-19)10-13-15(20-17)9-8-14(18)16(13)12-6-4-3-5-7-12/h3-9H,2,10-11,19H2,1H3/t17-/m0/s1. The maximum atomic E-state index is 6.44. The van der Waals surface area contributed by atoms with Crippen molar-refractivity contribution in [2.75, 3.05) is 6.54 Å². The molecule has 0 amide bonds. The van der Waals surface area contributed by atoms with Crippen LogP contribution in [0.4, 0.5) is 0 Å². The van der Waals surface area contributed by atoms with Gasteiger partial charge in [-0.25, -0.2) is 0 Å². The molecule has 0 aliphatic carbocycles. The summed E-state index contributed by atoms with van der Waals surface area (Å²) in [6.45, 7) is 2.63. The van der Waals surface area contributed by atoms with E-state index < -0.39 is 0 Å². The lowest BCUT2D eigenvalue weighted by molar-refractivity contribution is 0.0995. The topological polar surface area (TPSA) is 35.2 Å². The number of hydrogen-bond donors (Lipinski definition) is 1. The highest BCUT2D eigenvalue weighted by atomic mass is 35.5. The minimum absolute atomic E-state index is 0.281. The van der Waals surface area contributed by atoms with Gasteiger partial charge in [0.1, 0.15) is 11.4 Å². The third-order valence-electron chi connectivity index (χ3n) is 4.12. The minimum atomic E-state index is -0.281. The number of hydrogen-bond acceptors (Lipinski definition) is 2. The van der Waals surface area contributed by atoms with Gasteiger partial charge in [-0.15, -0.1) is 0 Å². The van der Waals surface area contributed by atoms with E-state index >= 15 is 0 Å². The normalized spacial score (nSPS) is 20.6. The average molecular weight is 288 g/mol. The van der Waals surface area contributed by atoms with Crippen LogP contribution in [0.1, 0.15) is 18.9 Å². The van der Waals surface area contributed by atoms with E-state index in [1.54, 1.807) is 0 Å². The summed E-state index contributed by atoms with van der Waals surface area (Å²) in [4.78, 5) is 0. The lowest BCUT2D eigenvalue weighted by Gasteiger charge is -2.25. The van der Waals surface area contributed by atoms with Gasteiger partial charge in [0.2, 0.25) is 0 Å². The molecule has 0 aromatic heterocycles. The van der Waals surface area contributed by atoms with Crippen molar-refractivity contribution >= 4 is 11.6 Å². The number of nitrogens with two attached hydrogens (primary N) is 1. The van der Waals surface area contributed by atoms with Crippen LogP contribution in [0.15, 0.2) is 42.5 Å². The molecule has 0 saturated carbocycles. The molecule has 20 heavy (non-hydrogen) atoms. The Morgan fingerprint density at radius 3 is 2.60 bits per heavy atom. The lowest BCUT2D eigenvalue weighted by atomic mass is 9.90. The van der Waals surface area contributed by atoms with Crippen molar-refractivity contribution in [1.82, 2.24) is 0 Å². The van der Waals surface area contributed by atoms with Gasteiger partial charge >= 0.3 is 0 Å². The number of rotatable bonds is 3. The van der Waals surface area contributed by atoms with Gasteiger partial charge in [-0.1, -0.05) is 48.9 Å². The van der Waals surface area contributed by atoms with Crippen LogP contribution in [0, 0.1) is 0 Å². The maximum absolute atomic E-state index is 6.44. The van der Waals surface area contributed by atoms with E-state index in [9.17, 15) is 0 Å². The molecule has 104 valence electrons. The van der Waals surface area contributed by atoms with E-state index in [0.717, 1.165) is 34.7 Å². The highest BCUT2D eigenvalue weighted by Crippen LogP contribution is 2.44. The molecule has 3 rings (SSSR count). The molecule has 1 aliphatic heterocycles. The van der Waals surface area contributed by atoms with Gasteiger partial charge in [0, 0.05) is 29.1 Å². The molecule has 0 saturated heterocycles. The molecule has 2 aromatic carbocycles. The summed E-state index contributed by atoms with van der Waals surface area (Å²) in [5.41, 5.74) is 9.03. The number of fused-ring (bicyclic) bond motifs is 1. The summed E-state index contributed by atoms with van der Waals surface area (Å²) < 4.78 is 6.13. The Morgan fingerprint density at radius 2 is 1.95 bits per heavy atom. The second-order valence-corrected chi connectivity index (χ2v) is 5.69. The van der Waals surface area contributed by atoms with Crippen molar-refractivity contribution in [3.63, 3.8) is 0 Å².